The van der Waals surface area contributed by atoms with Crippen LogP contribution in [0.3, 0.4) is 0 Å². The van der Waals surface area contributed by atoms with Gasteiger partial charge in [-0.1, -0.05) is 37.6 Å². The third-order valence-corrected chi connectivity index (χ3v) is 4.65. The lowest BCUT2D eigenvalue weighted by atomic mass is 10.0. The molecule has 4 nitrogen and oxygen atoms in total. The van der Waals surface area contributed by atoms with E-state index in [1.165, 1.54) is 11.3 Å². The molecule has 2 N–H and O–H groups in total. The van der Waals surface area contributed by atoms with Gasteiger partial charge in [0.1, 0.15) is 6.04 Å². The number of aliphatic carboxylic acids is 1. The zero-order valence-electron chi connectivity index (χ0n) is 12.9. The number of halogens is 1. The van der Waals surface area contributed by atoms with Crippen molar-refractivity contribution in [2.75, 3.05) is 0 Å². The Balaban J connectivity index is 2.11. The van der Waals surface area contributed by atoms with Crippen LogP contribution in [0.25, 0.3) is 10.4 Å². The Morgan fingerprint density at radius 1 is 1.17 bits per heavy atom. The Labute approximate surface area is 144 Å². The van der Waals surface area contributed by atoms with E-state index in [1.54, 1.807) is 18.2 Å². The van der Waals surface area contributed by atoms with Crippen molar-refractivity contribution in [3.05, 3.63) is 46.3 Å². The molecule has 1 atom stereocenters. The van der Waals surface area contributed by atoms with E-state index < -0.39 is 12.0 Å². The maximum Gasteiger partial charge on any atom is 0.326 e. The number of hydrogen-bond acceptors (Lipinski definition) is 3. The molecule has 0 saturated carbocycles. The fraction of sp³-hybridized carbons (Fsp3) is 0.294. The van der Waals surface area contributed by atoms with Crippen LogP contribution in [0.4, 0.5) is 0 Å². The van der Waals surface area contributed by atoms with Crippen LogP contribution in [0.1, 0.15) is 29.9 Å². The van der Waals surface area contributed by atoms with Crippen molar-refractivity contribution in [3.8, 4) is 10.4 Å². The predicted molar refractivity (Wildman–Crippen MR) is 93.1 cm³/mol. The topological polar surface area (TPSA) is 66.4 Å². The van der Waals surface area contributed by atoms with Gasteiger partial charge in [-0.25, -0.2) is 4.79 Å². The van der Waals surface area contributed by atoms with Gasteiger partial charge >= 0.3 is 5.97 Å². The normalized spacial score (nSPS) is 12.2. The first-order valence-corrected chi connectivity index (χ1v) is 8.45. The molecule has 122 valence electrons. The second-order valence-corrected chi connectivity index (χ2v) is 7.18. The highest BCUT2D eigenvalue weighted by Gasteiger charge is 2.22. The summed E-state index contributed by atoms with van der Waals surface area (Å²) in [5, 5.41) is 12.4. The van der Waals surface area contributed by atoms with Gasteiger partial charge in [-0.2, -0.15) is 0 Å². The van der Waals surface area contributed by atoms with E-state index in [4.69, 9.17) is 11.6 Å². The zero-order chi connectivity index (χ0) is 17.0. The first-order chi connectivity index (χ1) is 10.9. The summed E-state index contributed by atoms with van der Waals surface area (Å²) in [6, 6.07) is 10.0. The molecule has 0 aliphatic heterocycles. The van der Waals surface area contributed by atoms with Crippen molar-refractivity contribution in [1.82, 2.24) is 5.32 Å². The number of thiophene rings is 1. The number of rotatable bonds is 6. The molecule has 23 heavy (non-hydrogen) atoms. The smallest absolute Gasteiger partial charge is 0.326 e. The van der Waals surface area contributed by atoms with Crippen molar-refractivity contribution >= 4 is 34.8 Å². The molecule has 0 aliphatic carbocycles. The minimum Gasteiger partial charge on any atom is -0.480 e. The summed E-state index contributed by atoms with van der Waals surface area (Å²) in [7, 11) is 0. The molecule has 1 aromatic heterocycles. The summed E-state index contributed by atoms with van der Waals surface area (Å²) in [5.74, 6) is -1.19. The SMILES string of the molecule is CC(C)CC(NC(=O)c1ccc(-c2ccc(Cl)cc2)s1)C(=O)O. The second-order valence-electron chi connectivity index (χ2n) is 5.66. The molecule has 0 radical (unpaired) electrons. The van der Waals surface area contributed by atoms with Gasteiger partial charge in [0, 0.05) is 9.90 Å². The molecule has 0 spiro atoms. The van der Waals surface area contributed by atoms with Crippen LogP contribution in [-0.2, 0) is 4.79 Å². The molecule has 0 saturated heterocycles. The van der Waals surface area contributed by atoms with E-state index in [0.717, 1.165) is 10.4 Å². The Morgan fingerprint density at radius 3 is 2.39 bits per heavy atom. The van der Waals surface area contributed by atoms with Crippen LogP contribution in [0.5, 0.6) is 0 Å². The van der Waals surface area contributed by atoms with Gasteiger partial charge in [0.05, 0.1) is 4.88 Å². The van der Waals surface area contributed by atoms with Gasteiger partial charge in [0.15, 0.2) is 0 Å². The highest BCUT2D eigenvalue weighted by molar-refractivity contribution is 7.17. The lowest BCUT2D eigenvalue weighted by Gasteiger charge is -2.15. The molecule has 1 heterocycles. The Kier molecular flexibility index (Phi) is 5.80. The summed E-state index contributed by atoms with van der Waals surface area (Å²) in [4.78, 5) is 24.9. The van der Waals surface area contributed by atoms with Crippen LogP contribution in [0.2, 0.25) is 5.02 Å². The van der Waals surface area contributed by atoms with E-state index >= 15 is 0 Å². The summed E-state index contributed by atoms with van der Waals surface area (Å²) < 4.78 is 0. The molecule has 6 heteroatoms. The van der Waals surface area contributed by atoms with Crippen LogP contribution < -0.4 is 5.32 Å². The number of carbonyl (C=O) groups excluding carboxylic acids is 1. The van der Waals surface area contributed by atoms with Gasteiger partial charge in [-0.15, -0.1) is 11.3 Å². The van der Waals surface area contributed by atoms with E-state index in [2.05, 4.69) is 5.32 Å². The van der Waals surface area contributed by atoms with Crippen molar-refractivity contribution in [2.45, 2.75) is 26.3 Å². The van der Waals surface area contributed by atoms with E-state index in [9.17, 15) is 14.7 Å². The Hall–Kier alpha value is -1.85. The monoisotopic (exact) mass is 351 g/mol. The lowest BCUT2D eigenvalue weighted by molar-refractivity contribution is -0.139. The van der Waals surface area contributed by atoms with Gasteiger partial charge in [-0.05, 0) is 42.2 Å². The number of carboxylic acids is 1. The van der Waals surface area contributed by atoms with Crippen LogP contribution in [-0.4, -0.2) is 23.0 Å². The van der Waals surface area contributed by atoms with Crippen molar-refractivity contribution < 1.29 is 14.7 Å². The number of amides is 1. The summed E-state index contributed by atoms with van der Waals surface area (Å²) in [6.07, 6.45) is 0.399. The molecule has 0 bridgehead atoms. The van der Waals surface area contributed by atoms with Crippen molar-refractivity contribution in [1.29, 1.82) is 0 Å². The standard InChI is InChI=1S/C17H18ClNO3S/c1-10(2)9-13(17(21)22)19-16(20)15-8-7-14(23-15)11-3-5-12(18)6-4-11/h3-8,10,13H,9H2,1-2H3,(H,19,20)(H,21,22). The van der Waals surface area contributed by atoms with Gasteiger partial charge in [0.2, 0.25) is 0 Å². The number of hydrogen-bond donors (Lipinski definition) is 2. The molecule has 0 fully saturated rings. The van der Waals surface area contributed by atoms with Gasteiger partial charge < -0.3 is 10.4 Å². The number of carboxylic acid groups (broad SMARTS) is 1. The first kappa shape index (κ1) is 17.5. The number of carbonyl (C=O) groups is 2. The average Bonchev–Trinajstić information content (AvgIpc) is 2.96. The van der Waals surface area contributed by atoms with Crippen molar-refractivity contribution in [3.63, 3.8) is 0 Å². The fourth-order valence-electron chi connectivity index (χ4n) is 2.15. The quantitative estimate of drug-likeness (QED) is 0.815. The minimum absolute atomic E-state index is 0.185. The summed E-state index contributed by atoms with van der Waals surface area (Å²) in [5.41, 5.74) is 0.968. The first-order valence-electron chi connectivity index (χ1n) is 7.26. The maximum atomic E-state index is 12.3. The molecular weight excluding hydrogens is 334 g/mol. The number of nitrogens with one attached hydrogen (secondary N) is 1. The fourth-order valence-corrected chi connectivity index (χ4v) is 3.19. The molecule has 1 aromatic carbocycles. The minimum atomic E-state index is -1.01. The lowest BCUT2D eigenvalue weighted by Crippen LogP contribution is -2.41. The van der Waals surface area contributed by atoms with Crippen LogP contribution in [0, 0.1) is 5.92 Å². The van der Waals surface area contributed by atoms with Gasteiger partial charge in [0.25, 0.3) is 5.91 Å². The maximum absolute atomic E-state index is 12.3. The zero-order valence-corrected chi connectivity index (χ0v) is 14.4. The molecule has 1 unspecified atom stereocenters. The summed E-state index contributed by atoms with van der Waals surface area (Å²) in [6.45, 7) is 3.84. The van der Waals surface area contributed by atoms with E-state index in [-0.39, 0.29) is 11.8 Å². The molecule has 1 amide bonds. The number of benzene rings is 1. The molecule has 2 aromatic rings. The Bertz CT molecular complexity index is 694. The molecular formula is C17H18ClNO3S. The van der Waals surface area contributed by atoms with Crippen LogP contribution >= 0.6 is 22.9 Å². The largest absolute Gasteiger partial charge is 0.480 e. The average molecular weight is 352 g/mol. The molecule has 2 rings (SSSR count). The second kappa shape index (κ2) is 7.62. The highest BCUT2D eigenvalue weighted by atomic mass is 35.5. The van der Waals surface area contributed by atoms with E-state index in [0.29, 0.717) is 16.3 Å². The third-order valence-electron chi connectivity index (χ3n) is 3.27. The highest BCUT2D eigenvalue weighted by Crippen LogP contribution is 2.29. The molecule has 0 aliphatic rings. The predicted octanol–water partition coefficient (Wildman–Crippen LogP) is 4.30. The van der Waals surface area contributed by atoms with Crippen molar-refractivity contribution in [2.24, 2.45) is 5.92 Å². The van der Waals surface area contributed by atoms with Crippen LogP contribution in [0.15, 0.2) is 36.4 Å². The van der Waals surface area contributed by atoms with E-state index in [1.807, 2.05) is 32.0 Å². The Morgan fingerprint density at radius 2 is 1.83 bits per heavy atom. The van der Waals surface area contributed by atoms with Gasteiger partial charge in [-0.3, -0.25) is 4.79 Å². The third kappa shape index (κ3) is 4.81. The summed E-state index contributed by atoms with van der Waals surface area (Å²) >= 11 is 7.19.